The minimum atomic E-state index is -0.261. The van der Waals surface area contributed by atoms with Crippen LogP contribution in [-0.2, 0) is 4.79 Å². The highest BCUT2D eigenvalue weighted by Crippen LogP contribution is 2.30. The van der Waals surface area contributed by atoms with Crippen molar-refractivity contribution in [3.63, 3.8) is 0 Å². The van der Waals surface area contributed by atoms with Crippen molar-refractivity contribution in [2.75, 3.05) is 5.32 Å². The molecule has 0 unspecified atom stereocenters. The molecule has 3 N–H and O–H groups in total. The molecule has 0 radical (unpaired) electrons. The lowest BCUT2D eigenvalue weighted by Crippen LogP contribution is -2.45. The van der Waals surface area contributed by atoms with Crippen LogP contribution in [0.25, 0.3) is 0 Å². The van der Waals surface area contributed by atoms with E-state index in [4.69, 9.17) is 23.8 Å². The summed E-state index contributed by atoms with van der Waals surface area (Å²) in [5.41, 5.74) is 2.01. The van der Waals surface area contributed by atoms with E-state index in [2.05, 4.69) is 16.0 Å². The summed E-state index contributed by atoms with van der Waals surface area (Å²) < 4.78 is 0. The van der Waals surface area contributed by atoms with Gasteiger partial charge in [-0.15, -0.1) is 11.3 Å². The molecular weight excluding hydrogens is 350 g/mol. The number of anilines is 1. The molecule has 1 amide bonds. The zero-order valence-electron chi connectivity index (χ0n) is 12.2. The number of halogens is 1. The molecule has 0 spiro atoms. The van der Waals surface area contributed by atoms with Crippen LogP contribution in [0.3, 0.4) is 0 Å². The molecule has 7 heteroatoms. The van der Waals surface area contributed by atoms with E-state index in [0.717, 1.165) is 10.6 Å². The molecule has 23 heavy (non-hydrogen) atoms. The monoisotopic (exact) mass is 363 g/mol. The van der Waals surface area contributed by atoms with Gasteiger partial charge in [0.15, 0.2) is 5.11 Å². The van der Waals surface area contributed by atoms with Crippen molar-refractivity contribution >= 4 is 51.9 Å². The molecule has 0 aliphatic carbocycles. The van der Waals surface area contributed by atoms with Gasteiger partial charge >= 0.3 is 0 Å². The van der Waals surface area contributed by atoms with E-state index in [1.54, 1.807) is 35.6 Å². The Morgan fingerprint density at radius 3 is 2.87 bits per heavy atom. The van der Waals surface area contributed by atoms with Crippen molar-refractivity contribution in [1.82, 2.24) is 10.6 Å². The van der Waals surface area contributed by atoms with Gasteiger partial charge in [-0.25, -0.2) is 0 Å². The number of benzene rings is 1. The van der Waals surface area contributed by atoms with E-state index in [9.17, 15) is 4.79 Å². The third kappa shape index (κ3) is 3.55. The molecule has 4 nitrogen and oxygen atoms in total. The quantitative estimate of drug-likeness (QED) is 0.725. The number of carbonyl (C=O) groups is 1. The maximum Gasteiger partial charge on any atom is 0.255 e. The minimum absolute atomic E-state index is 0.189. The van der Waals surface area contributed by atoms with Crippen LogP contribution < -0.4 is 16.0 Å². The summed E-state index contributed by atoms with van der Waals surface area (Å²) in [6.45, 7) is 1.85. The molecule has 0 bridgehead atoms. The lowest BCUT2D eigenvalue weighted by Gasteiger charge is -2.29. The van der Waals surface area contributed by atoms with Gasteiger partial charge in [0.05, 0.1) is 11.6 Å². The average molecular weight is 364 g/mol. The minimum Gasteiger partial charge on any atom is -0.350 e. The van der Waals surface area contributed by atoms with Gasteiger partial charge in [0.25, 0.3) is 5.91 Å². The molecular formula is C16H14ClN3OS2. The van der Waals surface area contributed by atoms with Gasteiger partial charge in [0.1, 0.15) is 0 Å². The predicted octanol–water partition coefficient (Wildman–Crippen LogP) is 3.83. The molecule has 3 rings (SSSR count). The zero-order chi connectivity index (χ0) is 16.4. The molecule has 1 aromatic carbocycles. The van der Waals surface area contributed by atoms with Gasteiger partial charge in [0.2, 0.25) is 0 Å². The summed E-state index contributed by atoms with van der Waals surface area (Å²) in [7, 11) is 0. The number of nitrogens with one attached hydrogen (secondary N) is 3. The Bertz CT molecular complexity index is 786. The van der Waals surface area contributed by atoms with Crippen LogP contribution in [0.2, 0.25) is 5.02 Å². The lowest BCUT2D eigenvalue weighted by atomic mass is 10.0. The number of hydrogen-bond donors (Lipinski definition) is 3. The number of carbonyl (C=O) groups excluding carboxylic acids is 1. The van der Waals surface area contributed by atoms with Crippen molar-refractivity contribution in [3.8, 4) is 0 Å². The maximum atomic E-state index is 12.8. The number of rotatable bonds is 3. The molecule has 1 aromatic heterocycles. The second kappa shape index (κ2) is 6.70. The van der Waals surface area contributed by atoms with E-state index in [-0.39, 0.29) is 11.9 Å². The number of thiocarbonyl (C=S) groups is 1. The van der Waals surface area contributed by atoms with Crippen molar-refractivity contribution < 1.29 is 4.79 Å². The molecule has 0 fully saturated rings. The molecule has 1 atom stereocenters. The Balaban J connectivity index is 1.92. The summed E-state index contributed by atoms with van der Waals surface area (Å²) in [4.78, 5) is 13.8. The molecule has 1 aliphatic rings. The first-order valence-corrected chi connectivity index (χ1v) is 8.60. The van der Waals surface area contributed by atoms with Crippen molar-refractivity contribution in [2.45, 2.75) is 13.0 Å². The van der Waals surface area contributed by atoms with Crippen LogP contribution in [0.4, 0.5) is 5.69 Å². The molecule has 0 saturated carbocycles. The largest absolute Gasteiger partial charge is 0.350 e. The fourth-order valence-electron chi connectivity index (χ4n) is 2.43. The highest BCUT2D eigenvalue weighted by atomic mass is 35.5. The highest BCUT2D eigenvalue weighted by molar-refractivity contribution is 7.80. The summed E-state index contributed by atoms with van der Waals surface area (Å²) in [6.07, 6.45) is 0. The molecule has 1 aliphatic heterocycles. The summed E-state index contributed by atoms with van der Waals surface area (Å²) in [6, 6.07) is 10.7. The summed E-state index contributed by atoms with van der Waals surface area (Å²) in [5, 5.41) is 12.1. The number of amides is 1. The summed E-state index contributed by atoms with van der Waals surface area (Å²) in [5.74, 6) is -0.189. The highest BCUT2D eigenvalue weighted by Gasteiger charge is 2.30. The fourth-order valence-corrected chi connectivity index (χ4v) is 3.67. The Labute approximate surface area is 148 Å². The van der Waals surface area contributed by atoms with Gasteiger partial charge < -0.3 is 16.0 Å². The van der Waals surface area contributed by atoms with E-state index >= 15 is 0 Å². The zero-order valence-corrected chi connectivity index (χ0v) is 14.6. The van der Waals surface area contributed by atoms with Crippen LogP contribution in [-0.4, -0.2) is 11.0 Å². The van der Waals surface area contributed by atoms with Crippen LogP contribution >= 0.6 is 35.2 Å². The van der Waals surface area contributed by atoms with E-state index in [1.807, 2.05) is 24.4 Å². The molecule has 2 aromatic rings. The van der Waals surface area contributed by atoms with E-state index in [1.165, 1.54) is 0 Å². The van der Waals surface area contributed by atoms with E-state index in [0.29, 0.717) is 21.4 Å². The topological polar surface area (TPSA) is 53.2 Å². The first-order chi connectivity index (χ1) is 11.0. The molecule has 118 valence electrons. The SMILES string of the molecule is CC1=C(C(=O)Nc2cccc(Cl)c2)[C@@H](c2cccs2)NC(=S)N1. The Hall–Kier alpha value is -1.89. The normalized spacial score (nSPS) is 17.5. The third-order valence-electron chi connectivity index (χ3n) is 3.42. The second-order valence-electron chi connectivity index (χ2n) is 5.05. The van der Waals surface area contributed by atoms with Gasteiger partial charge in [-0.3, -0.25) is 4.79 Å². The van der Waals surface area contributed by atoms with Crippen molar-refractivity contribution in [2.24, 2.45) is 0 Å². The molecule has 2 heterocycles. The van der Waals surface area contributed by atoms with Crippen LogP contribution in [0.1, 0.15) is 17.8 Å². The number of thiophene rings is 1. The van der Waals surface area contributed by atoms with Gasteiger partial charge in [0, 0.05) is 21.3 Å². The summed E-state index contributed by atoms with van der Waals surface area (Å²) >= 11 is 12.8. The van der Waals surface area contributed by atoms with Gasteiger partial charge in [-0.1, -0.05) is 23.7 Å². The van der Waals surface area contributed by atoms with Crippen molar-refractivity contribution in [3.05, 3.63) is 62.9 Å². The lowest BCUT2D eigenvalue weighted by molar-refractivity contribution is -0.113. The Kier molecular flexibility index (Phi) is 4.66. The fraction of sp³-hybridized carbons (Fsp3) is 0.125. The maximum absolute atomic E-state index is 12.8. The number of allylic oxidation sites excluding steroid dienone is 1. The molecule has 0 saturated heterocycles. The first kappa shape index (κ1) is 16.0. The standard InChI is InChI=1S/C16H14ClN3OS2/c1-9-13(15(21)19-11-5-2-4-10(17)8-11)14(20-16(22)18-9)12-6-3-7-23-12/h2-8,14H,1H3,(H,19,21)(H2,18,20,22)/t14-/m1/s1. The van der Waals surface area contributed by atoms with Crippen LogP contribution in [0, 0.1) is 0 Å². The number of hydrogen-bond acceptors (Lipinski definition) is 3. The average Bonchev–Trinajstić information content (AvgIpc) is 3.00. The third-order valence-corrected chi connectivity index (χ3v) is 4.82. The van der Waals surface area contributed by atoms with Gasteiger partial charge in [-0.05, 0) is 48.8 Å². The Morgan fingerprint density at radius 2 is 2.17 bits per heavy atom. The first-order valence-electron chi connectivity index (χ1n) is 6.93. The predicted molar refractivity (Wildman–Crippen MR) is 98.7 cm³/mol. The van der Waals surface area contributed by atoms with E-state index < -0.39 is 0 Å². The van der Waals surface area contributed by atoms with Crippen LogP contribution in [0.5, 0.6) is 0 Å². The van der Waals surface area contributed by atoms with Crippen molar-refractivity contribution in [1.29, 1.82) is 0 Å². The smallest absolute Gasteiger partial charge is 0.255 e. The second-order valence-corrected chi connectivity index (χ2v) is 6.87. The Morgan fingerprint density at radius 1 is 1.35 bits per heavy atom. The van der Waals surface area contributed by atoms with Gasteiger partial charge in [-0.2, -0.15) is 0 Å². The van der Waals surface area contributed by atoms with Crippen LogP contribution in [0.15, 0.2) is 53.0 Å².